The Morgan fingerprint density at radius 1 is 1.55 bits per heavy atom. The summed E-state index contributed by atoms with van der Waals surface area (Å²) in [6.45, 7) is 3.42. The van der Waals surface area contributed by atoms with Gasteiger partial charge in [0.25, 0.3) is 0 Å². The van der Waals surface area contributed by atoms with Gasteiger partial charge in [-0.3, -0.25) is 4.99 Å². The Labute approximate surface area is 71.0 Å². The van der Waals surface area contributed by atoms with Gasteiger partial charge in [0.05, 0.1) is 12.3 Å². The molecule has 0 radical (unpaired) electrons. The van der Waals surface area contributed by atoms with Crippen LogP contribution >= 0.6 is 12.6 Å². The highest BCUT2D eigenvalue weighted by molar-refractivity contribution is 7.80. The number of aliphatic imine (C=N–C) groups is 1. The topological polar surface area (TPSA) is 32.6 Å². The first kappa shape index (κ1) is 8.30. The lowest BCUT2D eigenvalue weighted by atomic mass is 10.2. The van der Waals surface area contributed by atoms with Crippen molar-refractivity contribution in [3.8, 4) is 0 Å². The van der Waals surface area contributed by atoms with Crippen molar-refractivity contribution in [2.75, 3.05) is 0 Å². The number of nitrogens with zero attached hydrogens (tertiary/aromatic N) is 1. The summed E-state index contributed by atoms with van der Waals surface area (Å²) in [6.07, 6.45) is 0. The zero-order valence-corrected chi connectivity index (χ0v) is 6.88. The molecule has 0 atom stereocenters. The van der Waals surface area contributed by atoms with Gasteiger partial charge in [-0.05, 0) is 24.4 Å². The fourth-order valence-corrected chi connectivity index (χ4v) is 1.11. The monoisotopic (exact) mass is 167 g/mol. The molecule has 0 amide bonds. The van der Waals surface area contributed by atoms with E-state index in [4.69, 9.17) is 5.11 Å². The maximum absolute atomic E-state index is 8.75. The Hall–Kier alpha value is -0.800. The number of thiol groups is 1. The lowest BCUT2D eigenvalue weighted by Crippen LogP contribution is -1.81. The van der Waals surface area contributed by atoms with Crippen LogP contribution in [0, 0.1) is 0 Å². The summed E-state index contributed by atoms with van der Waals surface area (Å²) in [5, 5.41) is 8.75. The average Bonchev–Trinajstić information content (AvgIpc) is 2.04. The number of hydrogen-bond donors (Lipinski definition) is 2. The van der Waals surface area contributed by atoms with E-state index in [2.05, 4.69) is 24.3 Å². The van der Waals surface area contributed by atoms with Gasteiger partial charge in [0, 0.05) is 4.90 Å². The molecule has 0 aliphatic heterocycles. The molecule has 11 heavy (non-hydrogen) atoms. The third kappa shape index (κ3) is 1.82. The molecule has 0 saturated heterocycles. The summed E-state index contributed by atoms with van der Waals surface area (Å²) >= 11 is 4.16. The Bertz CT molecular complexity index is 273. The van der Waals surface area contributed by atoms with Crippen molar-refractivity contribution in [2.45, 2.75) is 11.5 Å². The number of benzene rings is 1. The summed E-state index contributed by atoms with van der Waals surface area (Å²) in [5.74, 6) is 0. The molecule has 0 aliphatic rings. The largest absolute Gasteiger partial charge is 0.392 e. The van der Waals surface area contributed by atoms with Crippen LogP contribution in [-0.4, -0.2) is 11.8 Å². The van der Waals surface area contributed by atoms with E-state index in [1.165, 1.54) is 0 Å². The maximum Gasteiger partial charge on any atom is 0.0755 e. The summed E-state index contributed by atoms with van der Waals surface area (Å²) in [5.41, 5.74) is 1.58. The number of aliphatic hydroxyl groups is 1. The zero-order chi connectivity index (χ0) is 8.27. The van der Waals surface area contributed by atoms with Gasteiger partial charge in [-0.15, -0.1) is 12.6 Å². The first-order valence-corrected chi connectivity index (χ1v) is 3.62. The van der Waals surface area contributed by atoms with E-state index in [-0.39, 0.29) is 6.61 Å². The molecule has 1 aromatic rings. The van der Waals surface area contributed by atoms with Gasteiger partial charge in [0.1, 0.15) is 0 Å². The van der Waals surface area contributed by atoms with E-state index >= 15 is 0 Å². The summed E-state index contributed by atoms with van der Waals surface area (Å²) in [7, 11) is 0. The second kappa shape index (κ2) is 3.55. The summed E-state index contributed by atoms with van der Waals surface area (Å²) in [6, 6.07) is 5.34. The fraction of sp³-hybridized carbons (Fsp3) is 0.125. The highest BCUT2D eigenvalue weighted by Crippen LogP contribution is 2.23. The minimum atomic E-state index is 0.0327. The van der Waals surface area contributed by atoms with E-state index in [0.717, 1.165) is 16.1 Å². The molecule has 0 spiro atoms. The molecule has 0 heterocycles. The summed E-state index contributed by atoms with van der Waals surface area (Å²) in [4.78, 5) is 4.48. The van der Waals surface area contributed by atoms with Crippen molar-refractivity contribution in [3.05, 3.63) is 23.8 Å². The van der Waals surface area contributed by atoms with Crippen molar-refractivity contribution in [1.29, 1.82) is 0 Å². The first-order chi connectivity index (χ1) is 5.27. The third-order valence-corrected chi connectivity index (χ3v) is 1.75. The Kier molecular flexibility index (Phi) is 2.68. The Morgan fingerprint density at radius 3 is 2.73 bits per heavy atom. The standard InChI is InChI=1S/C8H9NOS/c1-9-7-3-2-6(5-10)4-8(7)11/h2-4,10-11H,1,5H2. The van der Waals surface area contributed by atoms with Crippen LogP contribution in [0.2, 0.25) is 0 Å². The quantitative estimate of drug-likeness (QED) is 0.511. The van der Waals surface area contributed by atoms with E-state index < -0.39 is 0 Å². The van der Waals surface area contributed by atoms with Gasteiger partial charge in [-0.1, -0.05) is 6.07 Å². The number of hydrogen-bond acceptors (Lipinski definition) is 3. The van der Waals surface area contributed by atoms with Crippen molar-refractivity contribution < 1.29 is 5.11 Å². The van der Waals surface area contributed by atoms with Gasteiger partial charge in [-0.25, -0.2) is 0 Å². The van der Waals surface area contributed by atoms with E-state index in [1.807, 2.05) is 0 Å². The van der Waals surface area contributed by atoms with Crippen LogP contribution in [0.4, 0.5) is 5.69 Å². The van der Waals surface area contributed by atoms with Crippen molar-refractivity contribution in [3.63, 3.8) is 0 Å². The predicted octanol–water partition coefficient (Wildman–Crippen LogP) is 1.80. The minimum Gasteiger partial charge on any atom is -0.392 e. The second-order valence-electron chi connectivity index (χ2n) is 2.14. The molecule has 2 nitrogen and oxygen atoms in total. The summed E-state index contributed by atoms with van der Waals surface area (Å²) < 4.78 is 0. The lowest BCUT2D eigenvalue weighted by Gasteiger charge is -2.00. The molecule has 0 aliphatic carbocycles. The molecule has 0 unspecified atom stereocenters. The molecule has 0 bridgehead atoms. The van der Waals surface area contributed by atoms with Crippen LogP contribution in [0.3, 0.4) is 0 Å². The Morgan fingerprint density at radius 2 is 2.27 bits per heavy atom. The smallest absolute Gasteiger partial charge is 0.0755 e. The zero-order valence-electron chi connectivity index (χ0n) is 5.99. The normalized spacial score (nSPS) is 9.64. The number of rotatable bonds is 2. The molecule has 0 saturated carbocycles. The molecule has 58 valence electrons. The van der Waals surface area contributed by atoms with Crippen molar-refractivity contribution >= 4 is 25.0 Å². The second-order valence-corrected chi connectivity index (χ2v) is 2.62. The van der Waals surface area contributed by atoms with Crippen molar-refractivity contribution in [1.82, 2.24) is 0 Å². The van der Waals surface area contributed by atoms with Crippen LogP contribution < -0.4 is 0 Å². The molecule has 1 rings (SSSR count). The van der Waals surface area contributed by atoms with E-state index in [1.54, 1.807) is 18.2 Å². The molecule has 1 N–H and O–H groups in total. The Balaban J connectivity index is 3.09. The van der Waals surface area contributed by atoms with Gasteiger partial charge < -0.3 is 5.11 Å². The number of aliphatic hydroxyl groups excluding tert-OH is 1. The van der Waals surface area contributed by atoms with Crippen molar-refractivity contribution in [2.24, 2.45) is 4.99 Å². The highest BCUT2D eigenvalue weighted by atomic mass is 32.1. The van der Waals surface area contributed by atoms with Crippen LogP contribution in [-0.2, 0) is 6.61 Å². The SMILES string of the molecule is C=Nc1ccc(CO)cc1S. The molecule has 0 fully saturated rings. The molecular formula is C8H9NOS. The molecule has 3 heteroatoms. The molecule has 1 aromatic carbocycles. The van der Waals surface area contributed by atoms with E-state index in [9.17, 15) is 0 Å². The molecular weight excluding hydrogens is 158 g/mol. The third-order valence-electron chi connectivity index (χ3n) is 1.39. The maximum atomic E-state index is 8.75. The lowest BCUT2D eigenvalue weighted by molar-refractivity contribution is 0.281. The van der Waals surface area contributed by atoms with Gasteiger partial charge in [0.15, 0.2) is 0 Å². The van der Waals surface area contributed by atoms with E-state index in [0.29, 0.717) is 0 Å². The molecule has 0 aromatic heterocycles. The fourth-order valence-electron chi connectivity index (χ4n) is 0.801. The average molecular weight is 167 g/mol. The van der Waals surface area contributed by atoms with Gasteiger partial charge in [0.2, 0.25) is 0 Å². The van der Waals surface area contributed by atoms with Gasteiger partial charge in [-0.2, -0.15) is 0 Å². The van der Waals surface area contributed by atoms with Crippen LogP contribution in [0.15, 0.2) is 28.1 Å². The van der Waals surface area contributed by atoms with Crippen LogP contribution in [0.25, 0.3) is 0 Å². The van der Waals surface area contributed by atoms with Crippen LogP contribution in [0.5, 0.6) is 0 Å². The van der Waals surface area contributed by atoms with Gasteiger partial charge >= 0.3 is 0 Å². The van der Waals surface area contributed by atoms with Crippen LogP contribution in [0.1, 0.15) is 5.56 Å². The predicted molar refractivity (Wildman–Crippen MR) is 48.8 cm³/mol. The first-order valence-electron chi connectivity index (χ1n) is 3.17. The minimum absolute atomic E-state index is 0.0327. The highest BCUT2D eigenvalue weighted by Gasteiger charge is 1.96.